The maximum absolute atomic E-state index is 12.3. The first-order chi connectivity index (χ1) is 10.2. The maximum atomic E-state index is 12.3. The van der Waals surface area contributed by atoms with Crippen molar-refractivity contribution in [2.45, 2.75) is 11.9 Å². The van der Waals surface area contributed by atoms with Crippen LogP contribution in [0.5, 0.6) is 0 Å². The van der Waals surface area contributed by atoms with Gasteiger partial charge in [0.05, 0.1) is 16.6 Å². The fourth-order valence-electron chi connectivity index (χ4n) is 2.14. The van der Waals surface area contributed by atoms with Gasteiger partial charge in [-0.3, -0.25) is 4.79 Å². The number of aromatic nitrogens is 3. The first-order valence-electron chi connectivity index (χ1n) is 6.44. The molecule has 0 saturated carbocycles. The molecule has 0 spiro atoms. The highest BCUT2D eigenvalue weighted by atomic mass is 32.2. The SMILES string of the molecule is CSc1ncccc1C(=O)Nc1ccc2nc(C)[nH]c2c1. The molecule has 1 amide bonds. The third-order valence-corrected chi connectivity index (χ3v) is 3.78. The lowest BCUT2D eigenvalue weighted by Crippen LogP contribution is -2.13. The lowest BCUT2D eigenvalue weighted by Gasteiger charge is -2.07. The lowest BCUT2D eigenvalue weighted by molar-refractivity contribution is 0.102. The molecule has 106 valence electrons. The van der Waals surface area contributed by atoms with E-state index in [9.17, 15) is 4.79 Å². The molecular formula is C15H14N4OS. The Morgan fingerprint density at radius 1 is 1.33 bits per heavy atom. The minimum atomic E-state index is -0.164. The van der Waals surface area contributed by atoms with E-state index in [4.69, 9.17) is 0 Å². The number of hydrogen-bond acceptors (Lipinski definition) is 4. The molecule has 0 radical (unpaired) electrons. The van der Waals surface area contributed by atoms with Crippen molar-refractivity contribution in [2.75, 3.05) is 11.6 Å². The molecule has 21 heavy (non-hydrogen) atoms. The molecule has 6 heteroatoms. The Labute approximate surface area is 126 Å². The Balaban J connectivity index is 1.88. The van der Waals surface area contributed by atoms with Gasteiger partial charge in [-0.15, -0.1) is 11.8 Å². The molecule has 0 aliphatic rings. The number of rotatable bonds is 3. The number of nitrogens with one attached hydrogen (secondary N) is 2. The highest BCUT2D eigenvalue weighted by Crippen LogP contribution is 2.20. The van der Waals surface area contributed by atoms with Crippen LogP contribution in [0.25, 0.3) is 11.0 Å². The van der Waals surface area contributed by atoms with Gasteiger partial charge in [0.15, 0.2) is 0 Å². The summed E-state index contributed by atoms with van der Waals surface area (Å²) in [5, 5.41) is 3.61. The molecule has 0 aliphatic heterocycles. The summed E-state index contributed by atoms with van der Waals surface area (Å²) in [5.41, 5.74) is 3.09. The third-order valence-electron chi connectivity index (χ3n) is 3.07. The first-order valence-corrected chi connectivity index (χ1v) is 7.66. The van der Waals surface area contributed by atoms with Crippen LogP contribution in [0.1, 0.15) is 16.2 Å². The highest BCUT2D eigenvalue weighted by molar-refractivity contribution is 7.98. The van der Waals surface area contributed by atoms with Crippen molar-refractivity contribution in [3.05, 3.63) is 47.9 Å². The van der Waals surface area contributed by atoms with Crippen LogP contribution in [-0.2, 0) is 0 Å². The quantitative estimate of drug-likeness (QED) is 0.728. The van der Waals surface area contributed by atoms with E-state index >= 15 is 0 Å². The number of H-pyrrole nitrogens is 1. The summed E-state index contributed by atoms with van der Waals surface area (Å²) in [6, 6.07) is 9.13. The van der Waals surface area contributed by atoms with Crippen LogP contribution in [0.3, 0.4) is 0 Å². The van der Waals surface area contributed by atoms with E-state index in [1.807, 2.05) is 31.4 Å². The number of pyridine rings is 1. The number of aromatic amines is 1. The number of carbonyl (C=O) groups excluding carboxylic acids is 1. The van der Waals surface area contributed by atoms with E-state index in [2.05, 4.69) is 20.3 Å². The van der Waals surface area contributed by atoms with Crippen LogP contribution in [0.2, 0.25) is 0 Å². The Hall–Kier alpha value is -2.34. The van der Waals surface area contributed by atoms with Crippen LogP contribution in [0.15, 0.2) is 41.6 Å². The zero-order valence-corrected chi connectivity index (χ0v) is 12.5. The number of anilines is 1. The Bertz CT molecular complexity index is 812. The van der Waals surface area contributed by atoms with Gasteiger partial charge in [0.1, 0.15) is 10.9 Å². The van der Waals surface area contributed by atoms with E-state index in [1.54, 1.807) is 18.3 Å². The van der Waals surface area contributed by atoms with Gasteiger partial charge < -0.3 is 10.3 Å². The predicted molar refractivity (Wildman–Crippen MR) is 84.8 cm³/mol. The van der Waals surface area contributed by atoms with Crippen molar-refractivity contribution in [3.8, 4) is 0 Å². The lowest BCUT2D eigenvalue weighted by atomic mass is 10.2. The second kappa shape index (κ2) is 5.57. The van der Waals surface area contributed by atoms with Crippen molar-refractivity contribution >= 4 is 34.4 Å². The molecule has 2 aromatic heterocycles. The summed E-state index contributed by atoms with van der Waals surface area (Å²) in [6.07, 6.45) is 3.58. The van der Waals surface area contributed by atoms with Gasteiger partial charge in [-0.05, 0) is 43.5 Å². The van der Waals surface area contributed by atoms with Crippen molar-refractivity contribution in [3.63, 3.8) is 0 Å². The number of carbonyl (C=O) groups is 1. The number of hydrogen-bond donors (Lipinski definition) is 2. The predicted octanol–water partition coefficient (Wildman–Crippen LogP) is 3.24. The highest BCUT2D eigenvalue weighted by Gasteiger charge is 2.12. The molecule has 3 aromatic rings. The zero-order chi connectivity index (χ0) is 14.8. The molecule has 0 aliphatic carbocycles. The summed E-state index contributed by atoms with van der Waals surface area (Å²) < 4.78 is 0. The van der Waals surface area contributed by atoms with E-state index in [0.29, 0.717) is 10.6 Å². The largest absolute Gasteiger partial charge is 0.342 e. The topological polar surface area (TPSA) is 70.7 Å². The number of amides is 1. The van der Waals surface area contributed by atoms with E-state index in [0.717, 1.165) is 22.5 Å². The van der Waals surface area contributed by atoms with Crippen LogP contribution < -0.4 is 5.32 Å². The number of fused-ring (bicyclic) bond motifs is 1. The number of imidazole rings is 1. The molecule has 0 bridgehead atoms. The third kappa shape index (κ3) is 2.75. The van der Waals surface area contributed by atoms with E-state index in [1.165, 1.54) is 11.8 Å². The van der Waals surface area contributed by atoms with Crippen LogP contribution in [0, 0.1) is 6.92 Å². The van der Waals surface area contributed by atoms with Crippen molar-refractivity contribution < 1.29 is 4.79 Å². The van der Waals surface area contributed by atoms with Gasteiger partial charge in [-0.1, -0.05) is 0 Å². The summed E-state index contributed by atoms with van der Waals surface area (Å²) in [6.45, 7) is 1.90. The number of thioether (sulfide) groups is 1. The molecule has 3 rings (SSSR count). The second-order valence-electron chi connectivity index (χ2n) is 4.57. The minimum Gasteiger partial charge on any atom is -0.342 e. The van der Waals surface area contributed by atoms with Gasteiger partial charge in [-0.25, -0.2) is 9.97 Å². The average molecular weight is 298 g/mol. The molecule has 0 fully saturated rings. The van der Waals surface area contributed by atoms with Gasteiger partial charge >= 0.3 is 0 Å². The fourth-order valence-corrected chi connectivity index (χ4v) is 2.69. The van der Waals surface area contributed by atoms with E-state index < -0.39 is 0 Å². The van der Waals surface area contributed by atoms with Crippen LogP contribution in [-0.4, -0.2) is 27.1 Å². The summed E-state index contributed by atoms with van der Waals surface area (Å²) in [4.78, 5) is 24.0. The number of benzene rings is 1. The molecule has 0 atom stereocenters. The molecule has 1 aromatic carbocycles. The van der Waals surface area contributed by atoms with Crippen LogP contribution in [0.4, 0.5) is 5.69 Å². The van der Waals surface area contributed by atoms with Crippen molar-refractivity contribution in [1.82, 2.24) is 15.0 Å². The second-order valence-corrected chi connectivity index (χ2v) is 5.36. The molecule has 5 nitrogen and oxygen atoms in total. The number of nitrogens with zero attached hydrogens (tertiary/aromatic N) is 2. The first kappa shape index (κ1) is 13.6. The standard InChI is InChI=1S/C15H14N4OS/c1-9-17-12-6-5-10(8-13(12)18-9)19-14(20)11-4-3-7-16-15(11)21-2/h3-8H,1-2H3,(H,17,18)(H,19,20). The summed E-state index contributed by atoms with van der Waals surface area (Å²) in [5.74, 6) is 0.688. The van der Waals surface area contributed by atoms with Gasteiger partial charge in [-0.2, -0.15) is 0 Å². The molecule has 2 N–H and O–H groups in total. The number of aryl methyl sites for hydroxylation is 1. The monoisotopic (exact) mass is 298 g/mol. The minimum absolute atomic E-state index is 0.164. The Morgan fingerprint density at radius 2 is 2.19 bits per heavy atom. The normalized spacial score (nSPS) is 10.8. The van der Waals surface area contributed by atoms with Crippen molar-refractivity contribution in [2.24, 2.45) is 0 Å². The molecule has 0 unspecified atom stereocenters. The van der Waals surface area contributed by atoms with Crippen LogP contribution >= 0.6 is 11.8 Å². The average Bonchev–Trinajstić information content (AvgIpc) is 2.86. The Kier molecular flexibility index (Phi) is 3.62. The smallest absolute Gasteiger partial charge is 0.258 e. The molecule has 2 heterocycles. The molecular weight excluding hydrogens is 284 g/mol. The van der Waals surface area contributed by atoms with Crippen molar-refractivity contribution in [1.29, 1.82) is 0 Å². The van der Waals surface area contributed by atoms with Gasteiger partial charge in [0, 0.05) is 11.9 Å². The van der Waals surface area contributed by atoms with Gasteiger partial charge in [0.25, 0.3) is 5.91 Å². The summed E-state index contributed by atoms with van der Waals surface area (Å²) >= 11 is 1.45. The Morgan fingerprint density at radius 3 is 3.00 bits per heavy atom. The maximum Gasteiger partial charge on any atom is 0.258 e. The summed E-state index contributed by atoms with van der Waals surface area (Å²) in [7, 11) is 0. The van der Waals surface area contributed by atoms with E-state index in [-0.39, 0.29) is 5.91 Å². The zero-order valence-electron chi connectivity index (χ0n) is 11.7. The fraction of sp³-hybridized carbons (Fsp3) is 0.133. The molecule has 0 saturated heterocycles. The van der Waals surface area contributed by atoms with Gasteiger partial charge in [0.2, 0.25) is 0 Å².